The first-order valence-corrected chi connectivity index (χ1v) is 9.03. The van der Waals surface area contributed by atoms with Gasteiger partial charge in [-0.3, -0.25) is 9.59 Å². The highest BCUT2D eigenvalue weighted by Gasteiger charge is 2.31. The fraction of sp³-hybridized carbons (Fsp3) is 0.889. The van der Waals surface area contributed by atoms with Gasteiger partial charge in [0.05, 0.1) is 11.8 Å². The van der Waals surface area contributed by atoms with Crippen LogP contribution in [0.25, 0.3) is 0 Å². The van der Waals surface area contributed by atoms with Crippen LogP contribution in [0.4, 0.5) is 0 Å². The Morgan fingerprint density at radius 2 is 1.55 bits per heavy atom. The van der Waals surface area contributed by atoms with Crippen molar-refractivity contribution in [1.29, 1.82) is 0 Å². The number of carbonyl (C=O) groups is 2. The Hall–Kier alpha value is -1.06. The number of carbonyl (C=O) groups excluding carboxylic acids is 1. The topological polar surface area (TPSA) is 63.6 Å². The maximum Gasteiger partial charge on any atom is 0.309 e. The monoisotopic (exact) mass is 310 g/mol. The van der Waals surface area contributed by atoms with Crippen LogP contribution in [0.15, 0.2) is 0 Å². The molecule has 0 aromatic carbocycles. The molecule has 2 saturated carbocycles. The molecule has 0 heterocycles. The third kappa shape index (κ3) is 4.99. The Morgan fingerprint density at radius 1 is 0.955 bits per heavy atom. The molecule has 2 aliphatic carbocycles. The predicted molar refractivity (Wildman–Crippen MR) is 84.4 cm³/mol. The molecule has 0 aromatic heterocycles. The summed E-state index contributed by atoms with van der Waals surface area (Å²) in [4.78, 5) is 23.2. The summed E-state index contributed by atoms with van der Waals surface area (Å²) in [5.41, 5.74) is 0. The van der Waals surface area contributed by atoms with Gasteiger partial charge in [0.1, 0.15) is 6.10 Å². The van der Waals surface area contributed by atoms with Gasteiger partial charge in [-0.2, -0.15) is 0 Å². The Morgan fingerprint density at radius 3 is 2.09 bits per heavy atom. The van der Waals surface area contributed by atoms with Crippen molar-refractivity contribution in [1.82, 2.24) is 0 Å². The highest BCUT2D eigenvalue weighted by Crippen LogP contribution is 2.34. The smallest absolute Gasteiger partial charge is 0.309 e. The third-order valence-electron chi connectivity index (χ3n) is 5.45. The van der Waals surface area contributed by atoms with E-state index in [0.29, 0.717) is 25.7 Å². The fourth-order valence-corrected chi connectivity index (χ4v) is 3.87. The van der Waals surface area contributed by atoms with E-state index in [2.05, 4.69) is 6.92 Å². The van der Waals surface area contributed by atoms with Crippen molar-refractivity contribution in [2.24, 2.45) is 17.8 Å². The van der Waals surface area contributed by atoms with Crippen LogP contribution in [0.1, 0.15) is 77.6 Å². The van der Waals surface area contributed by atoms with Crippen molar-refractivity contribution in [2.75, 3.05) is 0 Å². The fourth-order valence-electron chi connectivity index (χ4n) is 3.87. The molecule has 0 spiro atoms. The summed E-state index contributed by atoms with van der Waals surface area (Å²) in [6.07, 6.45) is 10.7. The molecule has 0 aromatic rings. The predicted octanol–water partition coefficient (Wildman–Crippen LogP) is 4.17. The molecule has 4 nitrogen and oxygen atoms in total. The summed E-state index contributed by atoms with van der Waals surface area (Å²) >= 11 is 0. The highest BCUT2D eigenvalue weighted by atomic mass is 16.5. The van der Waals surface area contributed by atoms with E-state index in [1.165, 1.54) is 19.3 Å². The van der Waals surface area contributed by atoms with Crippen LogP contribution in [0, 0.1) is 17.8 Å². The zero-order valence-corrected chi connectivity index (χ0v) is 13.8. The SMILES string of the molecule is CCCCC1CCC(C(=O)OC2CCC(C(=O)O)CC2)CC1. The number of esters is 1. The minimum Gasteiger partial charge on any atom is -0.481 e. The molecular weight excluding hydrogens is 280 g/mol. The van der Waals surface area contributed by atoms with Gasteiger partial charge in [0.25, 0.3) is 0 Å². The van der Waals surface area contributed by atoms with Crippen LogP contribution in [0.5, 0.6) is 0 Å². The molecule has 0 saturated heterocycles. The van der Waals surface area contributed by atoms with E-state index in [4.69, 9.17) is 9.84 Å². The standard InChI is InChI=1S/C18H30O4/c1-2-3-4-13-5-7-15(8-6-13)18(21)22-16-11-9-14(10-12-16)17(19)20/h13-16H,2-12H2,1H3,(H,19,20). The van der Waals surface area contributed by atoms with Gasteiger partial charge in [-0.05, 0) is 57.3 Å². The molecule has 0 amide bonds. The number of carboxylic acids is 1. The second kappa shape index (κ2) is 8.54. The zero-order chi connectivity index (χ0) is 15.9. The molecule has 0 aliphatic heterocycles. The molecule has 2 rings (SSSR count). The lowest BCUT2D eigenvalue weighted by Gasteiger charge is -2.30. The van der Waals surface area contributed by atoms with Crippen molar-refractivity contribution in [3.63, 3.8) is 0 Å². The second-order valence-electron chi connectivity index (χ2n) is 7.11. The molecule has 0 radical (unpaired) electrons. The first-order chi connectivity index (χ1) is 10.6. The van der Waals surface area contributed by atoms with Crippen molar-refractivity contribution < 1.29 is 19.4 Å². The number of ether oxygens (including phenoxy) is 1. The van der Waals surface area contributed by atoms with Crippen molar-refractivity contribution in [3.8, 4) is 0 Å². The largest absolute Gasteiger partial charge is 0.481 e. The van der Waals surface area contributed by atoms with E-state index in [-0.39, 0.29) is 23.9 Å². The molecule has 2 fully saturated rings. The number of rotatable bonds is 6. The van der Waals surface area contributed by atoms with E-state index >= 15 is 0 Å². The lowest BCUT2D eigenvalue weighted by atomic mass is 9.80. The number of unbranched alkanes of at least 4 members (excludes halogenated alkanes) is 1. The number of aliphatic carboxylic acids is 1. The molecule has 1 N–H and O–H groups in total. The first kappa shape index (κ1) is 17.3. The summed E-state index contributed by atoms with van der Waals surface area (Å²) in [6, 6.07) is 0. The van der Waals surface area contributed by atoms with Crippen LogP contribution < -0.4 is 0 Å². The average molecular weight is 310 g/mol. The number of hydrogen-bond donors (Lipinski definition) is 1. The Labute approximate surface area is 133 Å². The summed E-state index contributed by atoms with van der Waals surface area (Å²) < 4.78 is 5.64. The first-order valence-electron chi connectivity index (χ1n) is 9.03. The molecule has 0 bridgehead atoms. The van der Waals surface area contributed by atoms with Gasteiger partial charge < -0.3 is 9.84 Å². The van der Waals surface area contributed by atoms with Gasteiger partial charge in [0.15, 0.2) is 0 Å². The Kier molecular flexibility index (Phi) is 6.71. The van der Waals surface area contributed by atoms with Crippen LogP contribution in [-0.4, -0.2) is 23.1 Å². The van der Waals surface area contributed by atoms with E-state index in [1.807, 2.05) is 0 Å². The summed E-state index contributed by atoms with van der Waals surface area (Å²) in [5, 5.41) is 8.99. The summed E-state index contributed by atoms with van der Waals surface area (Å²) in [5.74, 6) is -0.114. The molecule has 2 aliphatic rings. The lowest BCUT2D eigenvalue weighted by Crippen LogP contribution is -2.31. The second-order valence-corrected chi connectivity index (χ2v) is 7.11. The normalized spacial score (nSPS) is 32.4. The molecular formula is C18H30O4. The molecule has 22 heavy (non-hydrogen) atoms. The molecule has 0 atom stereocenters. The third-order valence-corrected chi connectivity index (χ3v) is 5.45. The molecule has 4 heteroatoms. The molecule has 126 valence electrons. The van der Waals surface area contributed by atoms with Gasteiger partial charge in [0.2, 0.25) is 0 Å². The quantitative estimate of drug-likeness (QED) is 0.748. The zero-order valence-electron chi connectivity index (χ0n) is 13.8. The van der Waals surface area contributed by atoms with Crippen molar-refractivity contribution in [2.45, 2.75) is 83.7 Å². The van der Waals surface area contributed by atoms with Crippen LogP contribution >= 0.6 is 0 Å². The minimum absolute atomic E-state index is 0.0345. The van der Waals surface area contributed by atoms with E-state index in [1.54, 1.807) is 0 Å². The van der Waals surface area contributed by atoms with Crippen LogP contribution in [-0.2, 0) is 14.3 Å². The highest BCUT2D eigenvalue weighted by molar-refractivity contribution is 5.73. The van der Waals surface area contributed by atoms with Crippen molar-refractivity contribution in [3.05, 3.63) is 0 Å². The maximum atomic E-state index is 12.3. The van der Waals surface area contributed by atoms with E-state index in [9.17, 15) is 9.59 Å². The lowest BCUT2D eigenvalue weighted by molar-refractivity contribution is -0.158. The van der Waals surface area contributed by atoms with Crippen molar-refractivity contribution >= 4 is 11.9 Å². The van der Waals surface area contributed by atoms with Crippen LogP contribution in [0.3, 0.4) is 0 Å². The number of hydrogen-bond acceptors (Lipinski definition) is 3. The number of carboxylic acid groups (broad SMARTS) is 1. The average Bonchev–Trinajstić information content (AvgIpc) is 2.54. The summed E-state index contributed by atoms with van der Waals surface area (Å²) in [6.45, 7) is 2.22. The van der Waals surface area contributed by atoms with E-state index < -0.39 is 5.97 Å². The van der Waals surface area contributed by atoms with Crippen LogP contribution in [0.2, 0.25) is 0 Å². The Bertz CT molecular complexity index is 363. The van der Waals surface area contributed by atoms with Gasteiger partial charge in [-0.1, -0.05) is 26.2 Å². The molecule has 0 unspecified atom stereocenters. The Balaban J connectivity index is 1.67. The van der Waals surface area contributed by atoms with Gasteiger partial charge in [-0.25, -0.2) is 0 Å². The van der Waals surface area contributed by atoms with Gasteiger partial charge in [-0.15, -0.1) is 0 Å². The van der Waals surface area contributed by atoms with E-state index in [0.717, 1.165) is 31.6 Å². The van der Waals surface area contributed by atoms with Gasteiger partial charge >= 0.3 is 11.9 Å². The summed E-state index contributed by atoms with van der Waals surface area (Å²) in [7, 11) is 0. The van der Waals surface area contributed by atoms with Gasteiger partial charge in [0, 0.05) is 0 Å². The minimum atomic E-state index is -0.713. The maximum absolute atomic E-state index is 12.3.